The molecule has 4 heteroatoms. The minimum Gasteiger partial charge on any atom is -0.388 e. The normalized spacial score (nSPS) is 10.4. The lowest BCUT2D eigenvalue weighted by Gasteiger charge is -2.20. The predicted octanol–water partition coefficient (Wildman–Crippen LogP) is 4.62. The summed E-state index contributed by atoms with van der Waals surface area (Å²) in [5.74, 6) is -0.253. The summed E-state index contributed by atoms with van der Waals surface area (Å²) in [6.07, 6.45) is 1.76. The molecule has 4 nitrogen and oxygen atoms in total. The maximum absolute atomic E-state index is 12.7. The third kappa shape index (κ3) is 3.90. The molecule has 2 aromatic rings. The lowest BCUT2D eigenvalue weighted by molar-refractivity contribution is 0.101. The van der Waals surface area contributed by atoms with E-state index >= 15 is 0 Å². The Labute approximate surface area is 149 Å². The van der Waals surface area contributed by atoms with Crippen LogP contribution in [-0.2, 0) is 12.8 Å². The number of aryl methyl sites for hydroxylation is 2. The van der Waals surface area contributed by atoms with Crippen molar-refractivity contribution in [2.24, 2.45) is 0 Å². The van der Waals surface area contributed by atoms with Crippen LogP contribution in [0.15, 0.2) is 30.3 Å². The molecular weight excluding hydrogens is 312 g/mol. The zero-order valence-corrected chi connectivity index (χ0v) is 15.6. The van der Waals surface area contributed by atoms with Crippen LogP contribution in [0.25, 0.3) is 0 Å². The Morgan fingerprint density at radius 3 is 2.12 bits per heavy atom. The molecule has 0 aromatic heterocycles. The molecule has 0 bridgehead atoms. The van der Waals surface area contributed by atoms with Crippen molar-refractivity contribution in [3.05, 3.63) is 58.1 Å². The van der Waals surface area contributed by atoms with Crippen LogP contribution >= 0.6 is 0 Å². The summed E-state index contributed by atoms with van der Waals surface area (Å²) in [5, 5.41) is 6.30. The molecule has 25 heavy (non-hydrogen) atoms. The van der Waals surface area contributed by atoms with E-state index in [1.165, 1.54) is 12.5 Å². The second-order valence-corrected chi connectivity index (χ2v) is 6.12. The second-order valence-electron chi connectivity index (χ2n) is 6.12. The van der Waals surface area contributed by atoms with Crippen LogP contribution in [0.3, 0.4) is 0 Å². The summed E-state index contributed by atoms with van der Waals surface area (Å²) in [6.45, 7) is 7.73. The minimum absolute atomic E-state index is 0.0511. The van der Waals surface area contributed by atoms with Crippen LogP contribution in [0.4, 0.5) is 11.4 Å². The fraction of sp³-hybridized carbons (Fsp3) is 0.333. The van der Waals surface area contributed by atoms with Crippen molar-refractivity contribution in [3.63, 3.8) is 0 Å². The third-order valence-electron chi connectivity index (χ3n) is 4.52. The molecule has 0 atom stereocenters. The Balaban J connectivity index is 2.44. The van der Waals surface area contributed by atoms with Crippen molar-refractivity contribution < 1.29 is 9.59 Å². The number of nitrogens with one attached hydrogen (secondary N) is 2. The molecule has 0 saturated carbocycles. The summed E-state index contributed by atoms with van der Waals surface area (Å²) < 4.78 is 0. The van der Waals surface area contributed by atoms with Gasteiger partial charge in [-0.2, -0.15) is 0 Å². The van der Waals surface area contributed by atoms with Crippen molar-refractivity contribution in [2.75, 3.05) is 17.7 Å². The zero-order chi connectivity index (χ0) is 18.6. The summed E-state index contributed by atoms with van der Waals surface area (Å²) >= 11 is 0. The highest BCUT2D eigenvalue weighted by molar-refractivity contribution is 6.07. The second kappa shape index (κ2) is 7.97. The van der Waals surface area contributed by atoms with Crippen LogP contribution < -0.4 is 10.6 Å². The first kappa shape index (κ1) is 18.7. The molecule has 2 rings (SSSR count). The van der Waals surface area contributed by atoms with Gasteiger partial charge in [0.1, 0.15) is 0 Å². The highest BCUT2D eigenvalue weighted by atomic mass is 16.1. The molecular formula is C21H26N2O2. The molecule has 2 aromatic carbocycles. The standard InChI is InChI=1S/C21H26N2O2/c1-6-15-11-16(7-2)20(13(3)19(15)22-5)23-21(25)18-10-8-9-17(12-18)14(4)24/h8-12,22H,6-7H2,1-5H3,(H,23,25). The summed E-state index contributed by atoms with van der Waals surface area (Å²) in [6, 6.07) is 8.97. The SMILES string of the molecule is CCc1cc(CC)c(NC(=O)c2cccc(C(C)=O)c2)c(C)c1NC. The average Bonchev–Trinajstić information content (AvgIpc) is 2.62. The molecule has 0 aliphatic rings. The molecule has 0 spiro atoms. The van der Waals surface area contributed by atoms with Crippen LogP contribution in [0, 0.1) is 6.92 Å². The number of rotatable bonds is 6. The molecule has 0 radical (unpaired) electrons. The van der Waals surface area contributed by atoms with E-state index in [2.05, 4.69) is 30.5 Å². The Bertz CT molecular complexity index is 810. The van der Waals surface area contributed by atoms with Gasteiger partial charge in [0.2, 0.25) is 0 Å². The van der Waals surface area contributed by atoms with Gasteiger partial charge in [-0.05, 0) is 55.5 Å². The molecule has 0 heterocycles. The summed E-state index contributed by atoms with van der Waals surface area (Å²) in [5.41, 5.74) is 6.33. The number of hydrogen-bond donors (Lipinski definition) is 2. The van der Waals surface area contributed by atoms with E-state index in [0.29, 0.717) is 11.1 Å². The van der Waals surface area contributed by atoms with Gasteiger partial charge in [0, 0.05) is 29.5 Å². The van der Waals surface area contributed by atoms with Gasteiger partial charge in [0.25, 0.3) is 5.91 Å². The number of ketones is 1. The maximum Gasteiger partial charge on any atom is 0.255 e. The highest BCUT2D eigenvalue weighted by Gasteiger charge is 2.16. The number of hydrogen-bond acceptors (Lipinski definition) is 3. The zero-order valence-electron chi connectivity index (χ0n) is 15.6. The summed E-state index contributed by atoms with van der Waals surface area (Å²) in [4.78, 5) is 24.3. The lowest BCUT2D eigenvalue weighted by Crippen LogP contribution is -2.16. The molecule has 1 amide bonds. The lowest BCUT2D eigenvalue weighted by atomic mass is 9.97. The van der Waals surface area contributed by atoms with Gasteiger partial charge in [-0.3, -0.25) is 9.59 Å². The molecule has 0 fully saturated rings. The first-order chi connectivity index (χ1) is 11.9. The molecule has 2 N–H and O–H groups in total. The van der Waals surface area contributed by atoms with Crippen LogP contribution in [0.2, 0.25) is 0 Å². The van der Waals surface area contributed by atoms with Gasteiger partial charge >= 0.3 is 0 Å². The van der Waals surface area contributed by atoms with Crippen LogP contribution in [-0.4, -0.2) is 18.7 Å². The monoisotopic (exact) mass is 338 g/mol. The number of carbonyl (C=O) groups is 2. The number of carbonyl (C=O) groups excluding carboxylic acids is 2. The van der Waals surface area contributed by atoms with Gasteiger partial charge in [0.15, 0.2) is 5.78 Å². The topological polar surface area (TPSA) is 58.2 Å². The largest absolute Gasteiger partial charge is 0.388 e. The Kier molecular flexibility index (Phi) is 5.97. The van der Waals surface area contributed by atoms with Crippen molar-refractivity contribution in [2.45, 2.75) is 40.5 Å². The molecule has 0 aliphatic heterocycles. The molecule has 132 valence electrons. The third-order valence-corrected chi connectivity index (χ3v) is 4.52. The average molecular weight is 338 g/mol. The molecule has 0 aliphatic carbocycles. The van der Waals surface area contributed by atoms with Crippen molar-refractivity contribution in [1.29, 1.82) is 0 Å². The van der Waals surface area contributed by atoms with Gasteiger partial charge < -0.3 is 10.6 Å². The van der Waals surface area contributed by atoms with Gasteiger partial charge in [0.05, 0.1) is 0 Å². The van der Waals surface area contributed by atoms with E-state index in [1.807, 2.05) is 14.0 Å². The predicted molar refractivity (Wildman–Crippen MR) is 104 cm³/mol. The van der Waals surface area contributed by atoms with Crippen LogP contribution in [0.1, 0.15) is 58.2 Å². The van der Waals surface area contributed by atoms with Gasteiger partial charge in [-0.25, -0.2) is 0 Å². The van der Waals surface area contributed by atoms with Crippen molar-refractivity contribution in [1.82, 2.24) is 0 Å². The van der Waals surface area contributed by atoms with Gasteiger partial charge in [-0.1, -0.05) is 32.0 Å². The fourth-order valence-electron chi connectivity index (χ4n) is 3.11. The van der Waals surface area contributed by atoms with Crippen LogP contribution in [0.5, 0.6) is 0 Å². The van der Waals surface area contributed by atoms with Gasteiger partial charge in [-0.15, -0.1) is 0 Å². The highest BCUT2D eigenvalue weighted by Crippen LogP contribution is 2.32. The number of amides is 1. The van der Waals surface area contributed by atoms with Crippen molar-refractivity contribution in [3.8, 4) is 0 Å². The Hall–Kier alpha value is -2.62. The number of benzene rings is 2. The Morgan fingerprint density at radius 1 is 0.960 bits per heavy atom. The number of Topliss-reactive ketones (excluding diaryl/α,β-unsaturated/α-hetero) is 1. The fourth-order valence-corrected chi connectivity index (χ4v) is 3.11. The quantitative estimate of drug-likeness (QED) is 0.756. The summed E-state index contributed by atoms with van der Waals surface area (Å²) in [7, 11) is 1.90. The molecule has 0 unspecified atom stereocenters. The minimum atomic E-state index is -0.202. The first-order valence-corrected chi connectivity index (χ1v) is 8.68. The smallest absolute Gasteiger partial charge is 0.255 e. The van der Waals surface area contributed by atoms with E-state index in [9.17, 15) is 9.59 Å². The maximum atomic E-state index is 12.7. The van der Waals surface area contributed by atoms with E-state index < -0.39 is 0 Å². The van der Waals surface area contributed by atoms with E-state index in [-0.39, 0.29) is 11.7 Å². The first-order valence-electron chi connectivity index (χ1n) is 8.68. The van der Waals surface area contributed by atoms with E-state index in [0.717, 1.165) is 35.3 Å². The van der Waals surface area contributed by atoms with E-state index in [1.54, 1.807) is 24.3 Å². The van der Waals surface area contributed by atoms with E-state index in [4.69, 9.17) is 0 Å². The van der Waals surface area contributed by atoms with Crippen molar-refractivity contribution >= 4 is 23.1 Å². The molecule has 0 saturated heterocycles. The number of anilines is 2. The Morgan fingerprint density at radius 2 is 1.56 bits per heavy atom.